The Morgan fingerprint density at radius 3 is 2.36 bits per heavy atom. The van der Waals surface area contributed by atoms with Gasteiger partial charge < -0.3 is 0 Å². The van der Waals surface area contributed by atoms with Crippen molar-refractivity contribution in [1.82, 2.24) is 0 Å². The molecule has 0 atom stereocenters. The van der Waals surface area contributed by atoms with Crippen LogP contribution < -0.4 is 0 Å². The van der Waals surface area contributed by atoms with Gasteiger partial charge in [-0.2, -0.15) is 0 Å². The summed E-state index contributed by atoms with van der Waals surface area (Å²) in [6.07, 6.45) is 8.92. The van der Waals surface area contributed by atoms with E-state index in [1.165, 1.54) is 0 Å². The number of rotatable bonds is 1. The molecule has 1 aromatic carbocycles. The van der Waals surface area contributed by atoms with Crippen LogP contribution in [0.4, 0.5) is 0 Å². The Kier molecular flexibility index (Phi) is 2.41. The summed E-state index contributed by atoms with van der Waals surface area (Å²) < 4.78 is 0. The third kappa shape index (κ3) is 1.88. The Labute approximate surface area is 83.1 Å². The number of carbonyl (C=O) groups is 1. The SMILES string of the molecule is O=C1C=CC=C/C1=C/c1ccccc1. The van der Waals surface area contributed by atoms with E-state index in [9.17, 15) is 4.79 Å². The average Bonchev–Trinajstić information content (AvgIpc) is 2.23. The van der Waals surface area contributed by atoms with Crippen molar-refractivity contribution in [3.05, 3.63) is 65.8 Å². The Morgan fingerprint density at radius 1 is 0.929 bits per heavy atom. The lowest BCUT2D eigenvalue weighted by Crippen LogP contribution is -1.97. The lowest BCUT2D eigenvalue weighted by molar-refractivity contribution is -0.111. The molecule has 1 aliphatic carbocycles. The molecule has 0 N–H and O–H groups in total. The van der Waals surface area contributed by atoms with Crippen molar-refractivity contribution >= 4 is 11.9 Å². The van der Waals surface area contributed by atoms with Crippen LogP contribution >= 0.6 is 0 Å². The largest absolute Gasteiger partial charge is 0.289 e. The molecule has 1 aromatic rings. The highest BCUT2D eigenvalue weighted by Gasteiger charge is 2.04. The summed E-state index contributed by atoms with van der Waals surface area (Å²) in [7, 11) is 0. The second-order valence-electron chi connectivity index (χ2n) is 3.09. The van der Waals surface area contributed by atoms with E-state index in [1.807, 2.05) is 48.6 Å². The Bertz CT molecular complexity index is 422. The quantitative estimate of drug-likeness (QED) is 0.610. The fourth-order valence-corrected chi connectivity index (χ4v) is 1.33. The van der Waals surface area contributed by atoms with Gasteiger partial charge in [0.15, 0.2) is 5.78 Å². The van der Waals surface area contributed by atoms with Gasteiger partial charge in [-0.1, -0.05) is 48.6 Å². The zero-order valence-corrected chi connectivity index (χ0v) is 7.68. The van der Waals surface area contributed by atoms with Gasteiger partial charge in [-0.3, -0.25) is 4.79 Å². The topological polar surface area (TPSA) is 17.1 Å². The third-order valence-corrected chi connectivity index (χ3v) is 2.04. The van der Waals surface area contributed by atoms with Crippen molar-refractivity contribution in [3.8, 4) is 0 Å². The Balaban J connectivity index is 2.32. The smallest absolute Gasteiger partial charge is 0.185 e. The number of carbonyl (C=O) groups excluding carboxylic acids is 1. The van der Waals surface area contributed by atoms with Crippen molar-refractivity contribution in [3.63, 3.8) is 0 Å². The first-order valence-electron chi connectivity index (χ1n) is 4.52. The molecule has 0 radical (unpaired) electrons. The average molecular weight is 182 g/mol. The first-order valence-corrected chi connectivity index (χ1v) is 4.52. The Hall–Kier alpha value is -1.89. The number of allylic oxidation sites excluding steroid dienone is 5. The molecule has 0 saturated heterocycles. The van der Waals surface area contributed by atoms with E-state index in [0.717, 1.165) is 11.1 Å². The molecule has 0 aliphatic heterocycles. The summed E-state index contributed by atoms with van der Waals surface area (Å²) in [4.78, 5) is 11.4. The van der Waals surface area contributed by atoms with Crippen molar-refractivity contribution in [2.75, 3.05) is 0 Å². The summed E-state index contributed by atoms with van der Waals surface area (Å²) in [6, 6.07) is 9.83. The third-order valence-electron chi connectivity index (χ3n) is 2.04. The van der Waals surface area contributed by atoms with Gasteiger partial charge in [-0.15, -0.1) is 0 Å². The van der Waals surface area contributed by atoms with Gasteiger partial charge in [0, 0.05) is 5.57 Å². The fourth-order valence-electron chi connectivity index (χ4n) is 1.33. The molecule has 14 heavy (non-hydrogen) atoms. The number of hydrogen-bond acceptors (Lipinski definition) is 1. The maximum Gasteiger partial charge on any atom is 0.185 e. The summed E-state index contributed by atoms with van der Waals surface area (Å²) in [5.41, 5.74) is 1.79. The minimum Gasteiger partial charge on any atom is -0.289 e. The first-order chi connectivity index (χ1) is 6.86. The summed E-state index contributed by atoms with van der Waals surface area (Å²) in [5.74, 6) is 0.0661. The van der Waals surface area contributed by atoms with Crippen molar-refractivity contribution in [2.45, 2.75) is 0 Å². The molecule has 0 saturated carbocycles. The predicted octanol–water partition coefficient (Wildman–Crippen LogP) is 2.77. The molecule has 1 aliphatic rings. The van der Waals surface area contributed by atoms with Crippen LogP contribution in [-0.4, -0.2) is 5.78 Å². The molecule has 0 fully saturated rings. The maximum atomic E-state index is 11.4. The van der Waals surface area contributed by atoms with Crippen molar-refractivity contribution < 1.29 is 4.79 Å². The van der Waals surface area contributed by atoms with Crippen molar-refractivity contribution in [2.24, 2.45) is 0 Å². The van der Waals surface area contributed by atoms with Gasteiger partial charge in [-0.05, 0) is 17.7 Å². The molecule has 0 aromatic heterocycles. The molecule has 0 unspecified atom stereocenters. The zero-order valence-electron chi connectivity index (χ0n) is 7.68. The number of ketones is 1. The molecule has 68 valence electrons. The van der Waals surface area contributed by atoms with E-state index in [1.54, 1.807) is 12.2 Å². The second-order valence-corrected chi connectivity index (χ2v) is 3.09. The van der Waals surface area contributed by atoms with E-state index in [0.29, 0.717) is 0 Å². The van der Waals surface area contributed by atoms with Crippen LogP contribution in [0, 0.1) is 0 Å². The first kappa shape index (κ1) is 8.70. The van der Waals surface area contributed by atoms with Gasteiger partial charge in [0.1, 0.15) is 0 Å². The van der Waals surface area contributed by atoms with E-state index in [4.69, 9.17) is 0 Å². The monoisotopic (exact) mass is 182 g/mol. The van der Waals surface area contributed by atoms with Crippen LogP contribution in [0.25, 0.3) is 6.08 Å². The second kappa shape index (κ2) is 3.88. The molecule has 0 amide bonds. The van der Waals surface area contributed by atoms with E-state index < -0.39 is 0 Å². The molecule has 0 bridgehead atoms. The van der Waals surface area contributed by atoms with Crippen LogP contribution in [0.15, 0.2) is 60.2 Å². The molecule has 2 rings (SSSR count). The van der Waals surface area contributed by atoms with Crippen LogP contribution in [0.5, 0.6) is 0 Å². The van der Waals surface area contributed by atoms with Gasteiger partial charge >= 0.3 is 0 Å². The lowest BCUT2D eigenvalue weighted by atomic mass is 10.0. The molecule has 0 heterocycles. The molecule has 1 heteroatoms. The van der Waals surface area contributed by atoms with E-state index >= 15 is 0 Å². The van der Waals surface area contributed by atoms with Crippen molar-refractivity contribution in [1.29, 1.82) is 0 Å². The fraction of sp³-hybridized carbons (Fsp3) is 0. The van der Waals surface area contributed by atoms with Crippen LogP contribution in [-0.2, 0) is 4.79 Å². The minimum absolute atomic E-state index is 0.0661. The normalized spacial score (nSPS) is 17.7. The van der Waals surface area contributed by atoms with Gasteiger partial charge in [-0.25, -0.2) is 0 Å². The highest BCUT2D eigenvalue weighted by molar-refractivity contribution is 6.10. The van der Waals surface area contributed by atoms with Gasteiger partial charge in [0.2, 0.25) is 0 Å². The van der Waals surface area contributed by atoms with Crippen LogP contribution in [0.3, 0.4) is 0 Å². The van der Waals surface area contributed by atoms with E-state index in [-0.39, 0.29) is 5.78 Å². The summed E-state index contributed by atoms with van der Waals surface area (Å²) in [6.45, 7) is 0. The Morgan fingerprint density at radius 2 is 1.64 bits per heavy atom. The molecule has 1 nitrogen and oxygen atoms in total. The van der Waals surface area contributed by atoms with Crippen LogP contribution in [0.2, 0.25) is 0 Å². The highest BCUT2D eigenvalue weighted by atomic mass is 16.1. The van der Waals surface area contributed by atoms with Crippen LogP contribution in [0.1, 0.15) is 5.56 Å². The summed E-state index contributed by atoms with van der Waals surface area (Å²) in [5, 5.41) is 0. The molecular formula is C13H10O. The molecular weight excluding hydrogens is 172 g/mol. The van der Waals surface area contributed by atoms with Gasteiger partial charge in [0.05, 0.1) is 0 Å². The zero-order chi connectivity index (χ0) is 9.80. The lowest BCUT2D eigenvalue weighted by Gasteiger charge is -2.00. The molecule has 0 spiro atoms. The highest BCUT2D eigenvalue weighted by Crippen LogP contribution is 2.11. The minimum atomic E-state index is 0.0661. The number of hydrogen-bond donors (Lipinski definition) is 0. The van der Waals surface area contributed by atoms with Gasteiger partial charge in [0.25, 0.3) is 0 Å². The maximum absolute atomic E-state index is 11.4. The number of benzene rings is 1. The predicted molar refractivity (Wildman–Crippen MR) is 57.7 cm³/mol. The van der Waals surface area contributed by atoms with E-state index in [2.05, 4.69) is 0 Å². The standard InChI is InChI=1S/C13H10O/c14-13-9-5-4-8-12(13)10-11-6-2-1-3-7-11/h1-10H/b12-10-. The summed E-state index contributed by atoms with van der Waals surface area (Å²) >= 11 is 0.